The van der Waals surface area contributed by atoms with Crippen LogP contribution >= 0.6 is 0 Å². The van der Waals surface area contributed by atoms with Gasteiger partial charge in [0.05, 0.1) is 5.71 Å². The van der Waals surface area contributed by atoms with Crippen molar-refractivity contribution in [3.05, 3.63) is 65.1 Å². The molecule has 0 bridgehead atoms. The fraction of sp³-hybridized carbons (Fsp3) is 0.350. The molecule has 0 aliphatic heterocycles. The van der Waals surface area contributed by atoms with Gasteiger partial charge in [0.2, 0.25) is 0 Å². The van der Waals surface area contributed by atoms with Crippen LogP contribution in [0.4, 0.5) is 19.0 Å². The van der Waals surface area contributed by atoms with Gasteiger partial charge >= 0.3 is 6.18 Å². The number of nitrogens with zero attached hydrogens (tertiary/aromatic N) is 2. The second-order valence-corrected chi connectivity index (χ2v) is 6.34. The largest absolute Gasteiger partial charge is 0.433 e. The van der Waals surface area contributed by atoms with E-state index in [2.05, 4.69) is 15.3 Å². The van der Waals surface area contributed by atoms with Crippen molar-refractivity contribution in [1.82, 2.24) is 9.97 Å². The van der Waals surface area contributed by atoms with Gasteiger partial charge in [0.1, 0.15) is 11.5 Å². The molecule has 0 spiro atoms. The van der Waals surface area contributed by atoms with Gasteiger partial charge in [0.25, 0.3) is 0 Å². The molecule has 0 radical (unpaired) electrons. The number of aromatic nitrogens is 2. The molecule has 2 rings (SSSR count). The molecule has 7 heteroatoms. The highest BCUT2D eigenvalue weighted by Crippen LogP contribution is 2.27. The quantitative estimate of drug-likeness (QED) is 0.643. The van der Waals surface area contributed by atoms with Crippen molar-refractivity contribution in [3.8, 4) is 0 Å². The van der Waals surface area contributed by atoms with Crippen LogP contribution < -0.4 is 5.32 Å². The number of nitrogens with one attached hydrogen (secondary N) is 2. The molecule has 27 heavy (non-hydrogen) atoms. The van der Waals surface area contributed by atoms with E-state index in [1.165, 1.54) is 12.1 Å². The summed E-state index contributed by atoms with van der Waals surface area (Å²) in [6, 6.07) is 4.15. The van der Waals surface area contributed by atoms with E-state index >= 15 is 0 Å². The standard InChI is InChI=1S/C20H23F3N4/c1-4-5-16(27-19-14(3)13(2)8-10-26-19)6-7-17(24)15-9-11-25-18(12-15)20(21,22)23/h6-12,16,24H,4-5H2,1-3H3,(H,26,27)/t16-/m0/s1. The van der Waals surface area contributed by atoms with Crippen LogP contribution in [-0.4, -0.2) is 21.7 Å². The SMILES string of the molecule is CCC[C@@H](C=CC(=N)c1ccnc(C(F)(F)F)c1)Nc1nccc(C)c1C. The minimum absolute atomic E-state index is 0.000253. The summed E-state index contributed by atoms with van der Waals surface area (Å²) in [5.74, 6) is 0.771. The molecule has 2 N–H and O–H groups in total. The molecule has 0 aliphatic rings. The van der Waals surface area contributed by atoms with E-state index in [-0.39, 0.29) is 17.3 Å². The first-order chi connectivity index (χ1) is 12.7. The van der Waals surface area contributed by atoms with Gasteiger partial charge < -0.3 is 10.7 Å². The van der Waals surface area contributed by atoms with Crippen LogP contribution in [0.1, 0.15) is 42.1 Å². The Morgan fingerprint density at radius 2 is 1.93 bits per heavy atom. The normalized spacial score (nSPS) is 13.0. The molecule has 0 unspecified atom stereocenters. The summed E-state index contributed by atoms with van der Waals surface area (Å²) in [7, 11) is 0. The molecule has 2 aromatic rings. The van der Waals surface area contributed by atoms with Gasteiger partial charge in [0.15, 0.2) is 0 Å². The average Bonchev–Trinajstić information content (AvgIpc) is 2.62. The number of aryl methyl sites for hydroxylation is 1. The van der Waals surface area contributed by atoms with E-state index in [0.717, 1.165) is 42.0 Å². The summed E-state index contributed by atoms with van der Waals surface area (Å²) < 4.78 is 38.4. The topological polar surface area (TPSA) is 61.7 Å². The van der Waals surface area contributed by atoms with Crippen LogP contribution in [-0.2, 0) is 6.18 Å². The van der Waals surface area contributed by atoms with Crippen LogP contribution in [0, 0.1) is 19.3 Å². The van der Waals surface area contributed by atoms with E-state index in [0.29, 0.717) is 0 Å². The molecule has 4 nitrogen and oxygen atoms in total. The lowest BCUT2D eigenvalue weighted by molar-refractivity contribution is -0.141. The zero-order valence-electron chi connectivity index (χ0n) is 15.6. The predicted molar refractivity (Wildman–Crippen MR) is 101 cm³/mol. The lowest BCUT2D eigenvalue weighted by atomic mass is 10.1. The van der Waals surface area contributed by atoms with Gasteiger partial charge in [-0.15, -0.1) is 0 Å². The lowest BCUT2D eigenvalue weighted by Gasteiger charge is -2.17. The van der Waals surface area contributed by atoms with Crippen LogP contribution in [0.25, 0.3) is 0 Å². The van der Waals surface area contributed by atoms with Crippen LogP contribution in [0.5, 0.6) is 0 Å². The predicted octanol–water partition coefficient (Wildman–Crippen LogP) is 5.32. The Balaban J connectivity index is 2.17. The number of halogens is 3. The Hall–Kier alpha value is -2.70. The number of rotatable bonds is 7. The number of hydrogen-bond donors (Lipinski definition) is 2. The molecule has 0 fully saturated rings. The summed E-state index contributed by atoms with van der Waals surface area (Å²) in [4.78, 5) is 7.68. The maximum Gasteiger partial charge on any atom is 0.433 e. The van der Waals surface area contributed by atoms with E-state index < -0.39 is 11.9 Å². The van der Waals surface area contributed by atoms with E-state index in [4.69, 9.17) is 5.41 Å². The number of anilines is 1. The van der Waals surface area contributed by atoms with Crippen LogP contribution in [0.15, 0.2) is 42.7 Å². The number of alkyl halides is 3. The van der Waals surface area contributed by atoms with Gasteiger partial charge in [-0.05, 0) is 55.7 Å². The molecule has 144 valence electrons. The zero-order valence-corrected chi connectivity index (χ0v) is 15.6. The Kier molecular flexibility index (Phi) is 6.71. The fourth-order valence-electron chi connectivity index (χ4n) is 2.54. The van der Waals surface area contributed by atoms with Gasteiger partial charge in [-0.2, -0.15) is 13.2 Å². The Morgan fingerprint density at radius 3 is 2.59 bits per heavy atom. The van der Waals surface area contributed by atoms with Crippen LogP contribution in [0.2, 0.25) is 0 Å². The monoisotopic (exact) mass is 376 g/mol. The van der Waals surface area contributed by atoms with Gasteiger partial charge in [-0.25, -0.2) is 4.98 Å². The lowest BCUT2D eigenvalue weighted by Crippen LogP contribution is -2.19. The van der Waals surface area contributed by atoms with E-state index in [1.54, 1.807) is 12.3 Å². The molecule has 2 aromatic heterocycles. The molecule has 0 aromatic carbocycles. The molecule has 1 atom stereocenters. The molecule has 0 aliphatic carbocycles. The number of hydrogen-bond acceptors (Lipinski definition) is 4. The highest BCUT2D eigenvalue weighted by molar-refractivity contribution is 6.06. The minimum Gasteiger partial charge on any atom is -0.364 e. The van der Waals surface area contributed by atoms with Crippen molar-refractivity contribution < 1.29 is 13.2 Å². The van der Waals surface area contributed by atoms with Gasteiger partial charge in [0, 0.05) is 24.0 Å². The molecular weight excluding hydrogens is 353 g/mol. The molecule has 0 amide bonds. The molecule has 0 saturated heterocycles. The minimum atomic E-state index is -4.53. The fourth-order valence-corrected chi connectivity index (χ4v) is 2.54. The van der Waals surface area contributed by atoms with E-state index in [1.807, 2.05) is 26.8 Å². The Morgan fingerprint density at radius 1 is 1.22 bits per heavy atom. The van der Waals surface area contributed by atoms with Crippen molar-refractivity contribution in [3.63, 3.8) is 0 Å². The highest BCUT2D eigenvalue weighted by atomic mass is 19.4. The van der Waals surface area contributed by atoms with Crippen molar-refractivity contribution in [2.75, 3.05) is 5.32 Å². The Labute approximate surface area is 157 Å². The summed E-state index contributed by atoms with van der Waals surface area (Å²) in [6.07, 6.45) is 3.31. The van der Waals surface area contributed by atoms with Crippen molar-refractivity contribution in [2.45, 2.75) is 45.8 Å². The zero-order chi connectivity index (χ0) is 20.0. The van der Waals surface area contributed by atoms with Crippen LogP contribution in [0.3, 0.4) is 0 Å². The third-order valence-electron chi connectivity index (χ3n) is 4.25. The maximum absolute atomic E-state index is 12.8. The highest BCUT2D eigenvalue weighted by Gasteiger charge is 2.32. The number of pyridine rings is 2. The summed E-state index contributed by atoms with van der Waals surface area (Å²) >= 11 is 0. The summed E-state index contributed by atoms with van der Waals surface area (Å²) in [6.45, 7) is 6.03. The molecule has 2 heterocycles. The summed E-state index contributed by atoms with van der Waals surface area (Å²) in [5.41, 5.74) is 1.34. The smallest absolute Gasteiger partial charge is 0.364 e. The molecular formula is C20H23F3N4. The number of allylic oxidation sites excluding steroid dienone is 1. The third kappa shape index (κ3) is 5.64. The van der Waals surface area contributed by atoms with Crippen molar-refractivity contribution in [1.29, 1.82) is 5.41 Å². The first-order valence-corrected chi connectivity index (χ1v) is 8.71. The van der Waals surface area contributed by atoms with Gasteiger partial charge in [-0.1, -0.05) is 19.4 Å². The molecule has 0 saturated carbocycles. The summed E-state index contributed by atoms with van der Waals surface area (Å²) in [5, 5.41) is 11.4. The second-order valence-electron chi connectivity index (χ2n) is 6.34. The van der Waals surface area contributed by atoms with Crippen molar-refractivity contribution >= 4 is 11.5 Å². The second kappa shape index (κ2) is 8.79. The Bertz CT molecular complexity index is 828. The average molecular weight is 376 g/mol. The maximum atomic E-state index is 12.8. The van der Waals surface area contributed by atoms with Gasteiger partial charge in [-0.3, -0.25) is 4.98 Å². The first-order valence-electron chi connectivity index (χ1n) is 8.71. The third-order valence-corrected chi connectivity index (χ3v) is 4.25. The van der Waals surface area contributed by atoms with E-state index in [9.17, 15) is 13.2 Å². The van der Waals surface area contributed by atoms with Crippen molar-refractivity contribution in [2.24, 2.45) is 0 Å². The first kappa shape index (κ1) is 20.6.